The fraction of sp³-hybridized carbons (Fsp3) is 0.421. The second-order valence-electron chi connectivity index (χ2n) is 7.78. The van der Waals surface area contributed by atoms with Crippen molar-refractivity contribution < 1.29 is 9.72 Å². The fourth-order valence-corrected chi connectivity index (χ4v) is 4.80. The molecule has 162 valence electrons. The van der Waals surface area contributed by atoms with Crippen molar-refractivity contribution in [1.29, 1.82) is 0 Å². The van der Waals surface area contributed by atoms with Gasteiger partial charge in [-0.1, -0.05) is 6.92 Å². The van der Waals surface area contributed by atoms with Crippen LogP contribution in [0.3, 0.4) is 0 Å². The molecule has 0 saturated carbocycles. The summed E-state index contributed by atoms with van der Waals surface area (Å²) >= 11 is 1.34. The highest BCUT2D eigenvalue weighted by atomic mass is 32.1. The maximum atomic E-state index is 12.5. The van der Waals surface area contributed by atoms with E-state index in [1.165, 1.54) is 11.3 Å². The van der Waals surface area contributed by atoms with Gasteiger partial charge in [-0.15, -0.1) is 16.4 Å². The number of hydrogen-bond donors (Lipinski definition) is 0. The van der Waals surface area contributed by atoms with Crippen LogP contribution in [0.4, 0.5) is 5.69 Å². The van der Waals surface area contributed by atoms with Crippen LogP contribution >= 0.6 is 11.3 Å². The first kappa shape index (κ1) is 20.8. The Labute approximate surface area is 181 Å². The number of hydrogen-bond acceptors (Lipinski definition) is 8. The summed E-state index contributed by atoms with van der Waals surface area (Å²) in [6, 6.07) is 0. The van der Waals surface area contributed by atoms with Crippen molar-refractivity contribution >= 4 is 38.8 Å². The number of thiophene rings is 1. The number of aromatic nitrogens is 6. The van der Waals surface area contributed by atoms with Crippen LogP contribution in [-0.4, -0.2) is 59.2 Å². The predicted octanol–water partition coefficient (Wildman–Crippen LogP) is 2.87. The minimum Gasteiger partial charge on any atom is -0.344 e. The molecule has 0 fully saturated rings. The van der Waals surface area contributed by atoms with Crippen LogP contribution < -0.4 is 0 Å². The van der Waals surface area contributed by atoms with E-state index >= 15 is 0 Å². The molecule has 11 nitrogen and oxygen atoms in total. The van der Waals surface area contributed by atoms with Gasteiger partial charge in [-0.05, 0) is 26.3 Å². The first-order chi connectivity index (χ1) is 14.6. The Morgan fingerprint density at radius 1 is 1.29 bits per heavy atom. The number of amides is 1. The van der Waals surface area contributed by atoms with Gasteiger partial charge in [0, 0.05) is 20.0 Å². The summed E-state index contributed by atoms with van der Waals surface area (Å²) in [6.07, 6.45) is 1.59. The van der Waals surface area contributed by atoms with E-state index in [2.05, 4.69) is 15.2 Å². The number of nitrogens with zero attached hydrogens (tertiary/aromatic N) is 8. The van der Waals surface area contributed by atoms with E-state index in [1.807, 2.05) is 13.8 Å². The molecule has 0 aliphatic heterocycles. The molecule has 0 aliphatic carbocycles. The van der Waals surface area contributed by atoms with Crippen molar-refractivity contribution in [2.75, 3.05) is 14.1 Å². The molecule has 1 amide bonds. The number of rotatable bonds is 5. The Kier molecular flexibility index (Phi) is 4.96. The summed E-state index contributed by atoms with van der Waals surface area (Å²) in [5.41, 5.74) is 2.39. The maximum Gasteiger partial charge on any atom is 0.312 e. The van der Waals surface area contributed by atoms with E-state index in [4.69, 9.17) is 4.98 Å². The standard InChI is InChI=1S/C19H22N8O3S/c1-9(7-25-12(4)14(27(29)30)11(3)22-25)16-21-17-13-10(2)15(19(28)24(5)6)31-18(13)20-8-26(17)23-16/h8-9H,7H2,1-6H3. The zero-order chi connectivity index (χ0) is 22.6. The topological polar surface area (TPSA) is 124 Å². The molecular weight excluding hydrogens is 420 g/mol. The summed E-state index contributed by atoms with van der Waals surface area (Å²) < 4.78 is 3.24. The van der Waals surface area contributed by atoms with Gasteiger partial charge >= 0.3 is 5.69 Å². The Morgan fingerprint density at radius 2 is 2.00 bits per heavy atom. The minimum absolute atomic E-state index is 0.0352. The molecule has 31 heavy (non-hydrogen) atoms. The normalized spacial score (nSPS) is 12.6. The molecule has 0 radical (unpaired) electrons. The summed E-state index contributed by atoms with van der Waals surface area (Å²) in [5, 5.41) is 21.0. The average molecular weight is 443 g/mol. The lowest BCUT2D eigenvalue weighted by molar-refractivity contribution is -0.386. The number of carbonyl (C=O) groups is 1. The summed E-state index contributed by atoms with van der Waals surface area (Å²) in [5.74, 6) is 0.364. The van der Waals surface area contributed by atoms with Crippen LogP contribution in [0.25, 0.3) is 15.9 Å². The van der Waals surface area contributed by atoms with E-state index in [-0.39, 0.29) is 17.5 Å². The highest BCUT2D eigenvalue weighted by Gasteiger charge is 2.25. The van der Waals surface area contributed by atoms with Crippen LogP contribution in [0.5, 0.6) is 0 Å². The smallest absolute Gasteiger partial charge is 0.312 e. The first-order valence-electron chi connectivity index (χ1n) is 9.64. The second kappa shape index (κ2) is 7.38. The number of nitro groups is 1. The Bertz CT molecular complexity index is 1350. The molecule has 12 heteroatoms. The third kappa shape index (κ3) is 3.32. The van der Waals surface area contributed by atoms with Gasteiger partial charge in [0.2, 0.25) is 0 Å². The maximum absolute atomic E-state index is 12.5. The number of fused-ring (bicyclic) bond motifs is 3. The fourth-order valence-electron chi connectivity index (χ4n) is 3.64. The first-order valence-corrected chi connectivity index (χ1v) is 10.5. The van der Waals surface area contributed by atoms with Gasteiger partial charge in [0.25, 0.3) is 5.91 Å². The van der Waals surface area contributed by atoms with Gasteiger partial charge in [-0.2, -0.15) is 5.10 Å². The quantitative estimate of drug-likeness (QED) is 0.344. The summed E-state index contributed by atoms with van der Waals surface area (Å²) in [4.78, 5) is 35.5. The molecule has 0 bridgehead atoms. The molecule has 1 unspecified atom stereocenters. The van der Waals surface area contributed by atoms with Gasteiger partial charge in [0.05, 0.1) is 21.7 Å². The molecule has 0 N–H and O–H groups in total. The van der Waals surface area contributed by atoms with Gasteiger partial charge in [0.15, 0.2) is 11.5 Å². The van der Waals surface area contributed by atoms with E-state index < -0.39 is 4.92 Å². The lowest BCUT2D eigenvalue weighted by Gasteiger charge is -2.08. The molecular formula is C19H22N8O3S. The molecule has 0 aromatic carbocycles. The zero-order valence-corrected chi connectivity index (χ0v) is 18.9. The van der Waals surface area contributed by atoms with Gasteiger partial charge in [-0.3, -0.25) is 19.6 Å². The molecule has 1 atom stereocenters. The van der Waals surface area contributed by atoms with Crippen LogP contribution in [0.2, 0.25) is 0 Å². The van der Waals surface area contributed by atoms with Crippen molar-refractivity contribution in [1.82, 2.24) is 34.3 Å². The van der Waals surface area contributed by atoms with E-state index in [1.54, 1.807) is 48.4 Å². The molecule has 0 spiro atoms. The van der Waals surface area contributed by atoms with Gasteiger partial charge < -0.3 is 4.90 Å². The number of carbonyl (C=O) groups excluding carboxylic acids is 1. The second-order valence-corrected chi connectivity index (χ2v) is 8.78. The Morgan fingerprint density at radius 3 is 2.61 bits per heavy atom. The molecule has 4 rings (SSSR count). The SMILES string of the molecule is Cc1nn(CC(C)c2nc3c4c(C)c(C(=O)N(C)C)sc4ncn3n2)c(C)c1[N+](=O)[O-]. The van der Waals surface area contributed by atoms with E-state index in [9.17, 15) is 14.9 Å². The molecule has 0 aliphatic rings. The zero-order valence-electron chi connectivity index (χ0n) is 18.1. The van der Waals surface area contributed by atoms with Crippen LogP contribution in [0, 0.1) is 30.9 Å². The minimum atomic E-state index is -0.406. The Hall–Kier alpha value is -3.41. The highest BCUT2D eigenvalue weighted by Crippen LogP contribution is 2.33. The van der Waals surface area contributed by atoms with Crippen LogP contribution in [-0.2, 0) is 6.54 Å². The third-order valence-electron chi connectivity index (χ3n) is 5.30. The van der Waals surface area contributed by atoms with Crippen molar-refractivity contribution in [2.24, 2.45) is 0 Å². The molecule has 4 aromatic heterocycles. The van der Waals surface area contributed by atoms with Crippen molar-refractivity contribution in [3.63, 3.8) is 0 Å². The lowest BCUT2D eigenvalue weighted by atomic mass is 10.1. The highest BCUT2D eigenvalue weighted by molar-refractivity contribution is 7.20. The number of aryl methyl sites for hydroxylation is 2. The van der Waals surface area contributed by atoms with Crippen molar-refractivity contribution in [2.45, 2.75) is 40.2 Å². The third-order valence-corrected chi connectivity index (χ3v) is 6.49. The predicted molar refractivity (Wildman–Crippen MR) is 116 cm³/mol. The molecule has 4 aromatic rings. The van der Waals surface area contributed by atoms with Crippen LogP contribution in [0.1, 0.15) is 45.3 Å². The average Bonchev–Trinajstić information content (AvgIpc) is 3.34. The summed E-state index contributed by atoms with van der Waals surface area (Å²) in [7, 11) is 3.44. The molecule has 0 saturated heterocycles. The largest absolute Gasteiger partial charge is 0.344 e. The van der Waals surface area contributed by atoms with Gasteiger partial charge in [-0.25, -0.2) is 14.5 Å². The molecule has 4 heterocycles. The monoisotopic (exact) mass is 442 g/mol. The lowest BCUT2D eigenvalue weighted by Crippen LogP contribution is -2.21. The van der Waals surface area contributed by atoms with Crippen molar-refractivity contribution in [3.05, 3.63) is 44.1 Å². The summed E-state index contributed by atoms with van der Waals surface area (Å²) in [6.45, 7) is 7.56. The van der Waals surface area contributed by atoms with E-state index in [0.29, 0.717) is 34.3 Å². The van der Waals surface area contributed by atoms with E-state index in [0.717, 1.165) is 15.8 Å². The Balaban J connectivity index is 1.74. The van der Waals surface area contributed by atoms with Crippen LogP contribution in [0.15, 0.2) is 6.33 Å². The van der Waals surface area contributed by atoms with Crippen molar-refractivity contribution in [3.8, 4) is 0 Å². The van der Waals surface area contributed by atoms with Gasteiger partial charge in [0.1, 0.15) is 22.5 Å².